The van der Waals surface area contributed by atoms with Gasteiger partial charge < -0.3 is 24.4 Å². The third-order valence-corrected chi connectivity index (χ3v) is 7.43. The van der Waals surface area contributed by atoms with Crippen LogP contribution in [-0.4, -0.2) is 50.3 Å². The van der Waals surface area contributed by atoms with Gasteiger partial charge in [0.15, 0.2) is 11.5 Å². The molecule has 0 radical (unpaired) electrons. The number of anilines is 1. The molecule has 186 valence electrons. The molecule has 0 bridgehead atoms. The molecule has 2 aliphatic heterocycles. The van der Waals surface area contributed by atoms with Crippen LogP contribution in [0.15, 0.2) is 59.5 Å². The predicted octanol–water partition coefficient (Wildman–Crippen LogP) is 4.94. The highest BCUT2D eigenvalue weighted by molar-refractivity contribution is 7.98. The molecule has 0 saturated heterocycles. The SMILES string of the molecule is COc1ccc2c(c1)NC(=O)C2CC(=O)N1CCOc2c(cc(-c3ccc(SC)cc3)cc2OC)C1. The maximum Gasteiger partial charge on any atom is 0.232 e. The Morgan fingerprint density at radius 3 is 2.61 bits per heavy atom. The first-order valence-electron chi connectivity index (χ1n) is 11.8. The van der Waals surface area contributed by atoms with Gasteiger partial charge in [-0.05, 0) is 53.3 Å². The number of carbonyl (C=O) groups is 2. The second kappa shape index (κ2) is 10.1. The normalized spacial score (nSPS) is 16.4. The molecule has 3 aromatic carbocycles. The monoisotopic (exact) mass is 504 g/mol. The van der Waals surface area contributed by atoms with Crippen molar-refractivity contribution in [2.24, 2.45) is 0 Å². The van der Waals surface area contributed by atoms with E-state index in [4.69, 9.17) is 14.2 Å². The lowest BCUT2D eigenvalue weighted by Crippen LogP contribution is -2.34. The number of hydrogen-bond acceptors (Lipinski definition) is 6. The first-order chi connectivity index (χ1) is 17.5. The lowest BCUT2D eigenvalue weighted by molar-refractivity contribution is -0.134. The Balaban J connectivity index is 1.39. The molecule has 0 spiro atoms. The van der Waals surface area contributed by atoms with Gasteiger partial charge in [0.05, 0.1) is 26.7 Å². The largest absolute Gasteiger partial charge is 0.497 e. The Morgan fingerprint density at radius 2 is 1.89 bits per heavy atom. The number of benzene rings is 3. The van der Waals surface area contributed by atoms with Gasteiger partial charge in [0, 0.05) is 35.2 Å². The van der Waals surface area contributed by atoms with Crippen LogP contribution in [0.3, 0.4) is 0 Å². The van der Waals surface area contributed by atoms with Gasteiger partial charge in [-0.25, -0.2) is 0 Å². The molecule has 1 unspecified atom stereocenters. The minimum absolute atomic E-state index is 0.0907. The van der Waals surface area contributed by atoms with Crippen LogP contribution in [0.4, 0.5) is 5.69 Å². The number of thioether (sulfide) groups is 1. The van der Waals surface area contributed by atoms with Crippen LogP contribution in [-0.2, 0) is 16.1 Å². The highest BCUT2D eigenvalue weighted by Crippen LogP contribution is 2.40. The Morgan fingerprint density at radius 1 is 1.08 bits per heavy atom. The summed E-state index contributed by atoms with van der Waals surface area (Å²) in [5.41, 5.74) is 4.45. The Hall–Kier alpha value is -3.65. The first-order valence-corrected chi connectivity index (χ1v) is 13.0. The number of amides is 2. The van der Waals surface area contributed by atoms with E-state index in [0.717, 1.165) is 22.3 Å². The molecule has 8 heteroatoms. The third-order valence-electron chi connectivity index (χ3n) is 6.69. The maximum atomic E-state index is 13.4. The number of rotatable bonds is 6. The highest BCUT2D eigenvalue weighted by atomic mass is 32.2. The zero-order chi connectivity index (χ0) is 25.2. The van der Waals surface area contributed by atoms with Crippen LogP contribution in [0.2, 0.25) is 0 Å². The number of hydrogen-bond donors (Lipinski definition) is 1. The second-order valence-electron chi connectivity index (χ2n) is 8.76. The summed E-state index contributed by atoms with van der Waals surface area (Å²) in [5, 5.41) is 2.87. The van der Waals surface area contributed by atoms with Crippen LogP contribution < -0.4 is 19.5 Å². The molecule has 0 aliphatic carbocycles. The van der Waals surface area contributed by atoms with Crippen LogP contribution in [0.5, 0.6) is 17.2 Å². The topological polar surface area (TPSA) is 77.1 Å². The van der Waals surface area contributed by atoms with Crippen molar-refractivity contribution in [1.82, 2.24) is 4.90 Å². The summed E-state index contributed by atoms with van der Waals surface area (Å²) in [7, 11) is 3.21. The standard InChI is InChI=1S/C28H28N2O5S/c1-33-20-6-9-22-23(28(32)29-24(22)14-20)15-26(31)30-10-11-35-27-19(16-30)12-18(13-25(27)34-2)17-4-7-21(36-3)8-5-17/h4-9,12-14,23H,10-11,15-16H2,1-3H3,(H,29,32). The fourth-order valence-corrected chi connectivity index (χ4v) is 5.15. The van der Waals surface area contributed by atoms with Crippen molar-refractivity contribution < 1.29 is 23.8 Å². The molecule has 0 aromatic heterocycles. The molecular weight excluding hydrogens is 476 g/mol. The zero-order valence-corrected chi connectivity index (χ0v) is 21.3. The molecule has 2 aliphatic rings. The van der Waals surface area contributed by atoms with Gasteiger partial charge in [0.2, 0.25) is 11.8 Å². The molecule has 2 amide bonds. The minimum atomic E-state index is -0.530. The van der Waals surface area contributed by atoms with Crippen LogP contribution >= 0.6 is 11.8 Å². The van der Waals surface area contributed by atoms with Crippen molar-refractivity contribution >= 4 is 29.3 Å². The van der Waals surface area contributed by atoms with Gasteiger partial charge in [-0.15, -0.1) is 11.8 Å². The molecule has 1 atom stereocenters. The predicted molar refractivity (Wildman–Crippen MR) is 140 cm³/mol. The van der Waals surface area contributed by atoms with E-state index in [1.165, 1.54) is 4.90 Å². The van der Waals surface area contributed by atoms with Crippen LogP contribution in [0.25, 0.3) is 11.1 Å². The fraction of sp³-hybridized carbons (Fsp3) is 0.286. The first kappa shape index (κ1) is 24.1. The minimum Gasteiger partial charge on any atom is -0.497 e. The number of ether oxygens (including phenoxy) is 3. The zero-order valence-electron chi connectivity index (χ0n) is 20.5. The molecule has 0 saturated carbocycles. The van der Waals surface area contributed by atoms with E-state index >= 15 is 0 Å². The summed E-state index contributed by atoms with van der Waals surface area (Å²) in [6.45, 7) is 1.16. The second-order valence-corrected chi connectivity index (χ2v) is 9.64. The average molecular weight is 505 g/mol. The Kier molecular flexibility index (Phi) is 6.78. The summed E-state index contributed by atoms with van der Waals surface area (Å²) in [6.07, 6.45) is 2.14. The van der Waals surface area contributed by atoms with Gasteiger partial charge in [-0.3, -0.25) is 9.59 Å². The maximum absolute atomic E-state index is 13.4. The summed E-state index contributed by atoms with van der Waals surface area (Å²) in [6, 6.07) is 17.8. The number of fused-ring (bicyclic) bond motifs is 2. The van der Waals surface area contributed by atoms with Crippen molar-refractivity contribution in [1.29, 1.82) is 0 Å². The van der Waals surface area contributed by atoms with Crippen LogP contribution in [0, 0.1) is 0 Å². The molecule has 2 heterocycles. The number of methoxy groups -OCH3 is 2. The molecule has 3 aromatic rings. The van der Waals surface area contributed by atoms with Crippen LogP contribution in [0.1, 0.15) is 23.5 Å². The van der Waals surface area contributed by atoms with E-state index in [1.54, 1.807) is 36.9 Å². The molecule has 36 heavy (non-hydrogen) atoms. The Bertz CT molecular complexity index is 1310. The van der Waals surface area contributed by atoms with E-state index in [0.29, 0.717) is 42.6 Å². The van der Waals surface area contributed by atoms with Crippen molar-refractivity contribution in [3.8, 4) is 28.4 Å². The molecule has 5 rings (SSSR count). The van der Waals surface area contributed by atoms with E-state index in [2.05, 4.69) is 35.6 Å². The van der Waals surface area contributed by atoms with Crippen molar-refractivity contribution in [2.45, 2.75) is 23.8 Å². The Labute approximate surface area is 214 Å². The fourth-order valence-electron chi connectivity index (χ4n) is 4.74. The van der Waals surface area contributed by atoms with Gasteiger partial charge in [-0.2, -0.15) is 0 Å². The molecular formula is C28H28N2O5S. The lowest BCUT2D eigenvalue weighted by atomic mass is 9.96. The lowest BCUT2D eigenvalue weighted by Gasteiger charge is -2.22. The molecule has 7 nitrogen and oxygen atoms in total. The van der Waals surface area contributed by atoms with E-state index in [-0.39, 0.29) is 18.2 Å². The van der Waals surface area contributed by atoms with Crippen molar-refractivity contribution in [3.63, 3.8) is 0 Å². The number of carbonyl (C=O) groups excluding carboxylic acids is 2. The van der Waals surface area contributed by atoms with E-state index in [1.807, 2.05) is 24.5 Å². The van der Waals surface area contributed by atoms with Crippen molar-refractivity contribution in [3.05, 3.63) is 65.7 Å². The summed E-state index contributed by atoms with van der Waals surface area (Å²) in [4.78, 5) is 29.0. The quantitative estimate of drug-likeness (QED) is 0.479. The van der Waals surface area contributed by atoms with Gasteiger partial charge in [0.1, 0.15) is 12.4 Å². The van der Waals surface area contributed by atoms with E-state index in [9.17, 15) is 9.59 Å². The third kappa shape index (κ3) is 4.60. The van der Waals surface area contributed by atoms with Crippen molar-refractivity contribution in [2.75, 3.05) is 38.9 Å². The van der Waals surface area contributed by atoms with Gasteiger partial charge >= 0.3 is 0 Å². The number of nitrogens with zero attached hydrogens (tertiary/aromatic N) is 1. The number of nitrogens with one attached hydrogen (secondary N) is 1. The summed E-state index contributed by atoms with van der Waals surface area (Å²) >= 11 is 1.70. The summed E-state index contributed by atoms with van der Waals surface area (Å²) < 4.78 is 16.9. The molecule has 0 fully saturated rings. The highest BCUT2D eigenvalue weighted by Gasteiger charge is 2.34. The van der Waals surface area contributed by atoms with Gasteiger partial charge in [-0.1, -0.05) is 18.2 Å². The van der Waals surface area contributed by atoms with Gasteiger partial charge in [0.25, 0.3) is 0 Å². The van der Waals surface area contributed by atoms with E-state index < -0.39 is 5.92 Å². The smallest absolute Gasteiger partial charge is 0.232 e. The summed E-state index contributed by atoms with van der Waals surface area (Å²) in [5.74, 6) is 1.17. The average Bonchev–Trinajstić information content (AvgIpc) is 3.06. The molecule has 1 N–H and O–H groups in total.